The van der Waals surface area contributed by atoms with Gasteiger partial charge in [0.15, 0.2) is 5.65 Å². The Bertz CT molecular complexity index is 2280. The van der Waals surface area contributed by atoms with Gasteiger partial charge in [0.2, 0.25) is 0 Å². The number of aromatic nitrogens is 4. The molecule has 3 aromatic heterocycles. The zero-order chi connectivity index (χ0) is 29.0. The van der Waals surface area contributed by atoms with Crippen LogP contribution in [0.4, 0.5) is 17.1 Å². The standard InChI is InChI=1S/C39H25N5/c1-2-11-29-28(10-1)30-12-3-5-17-35(30)43(36-18-6-4-13-31(29)36)27-22-20-26(21-23-27)38-42-34-16-9-25-41-39(34)44(38)37-19-7-15-33-32(37)14-8-24-40-33/h1-25H. The van der Waals surface area contributed by atoms with E-state index in [1.54, 1.807) is 0 Å². The van der Waals surface area contributed by atoms with Gasteiger partial charge in [0, 0.05) is 40.2 Å². The monoisotopic (exact) mass is 563 g/mol. The number of hydrogen-bond donors (Lipinski definition) is 0. The maximum Gasteiger partial charge on any atom is 0.164 e. The first kappa shape index (κ1) is 24.5. The minimum absolute atomic E-state index is 0.816. The largest absolute Gasteiger partial charge is 0.309 e. The molecule has 8 aromatic rings. The molecule has 5 heteroatoms. The number of hydrogen-bond acceptors (Lipinski definition) is 4. The summed E-state index contributed by atoms with van der Waals surface area (Å²) in [5.41, 5.74) is 12.9. The minimum Gasteiger partial charge on any atom is -0.309 e. The van der Waals surface area contributed by atoms with Crippen LogP contribution >= 0.6 is 0 Å². The maximum absolute atomic E-state index is 5.09. The number of fused-ring (bicyclic) bond motifs is 7. The molecule has 4 heterocycles. The molecule has 0 spiro atoms. The van der Waals surface area contributed by atoms with E-state index in [4.69, 9.17) is 9.97 Å². The Morgan fingerprint density at radius 1 is 0.432 bits per heavy atom. The zero-order valence-corrected chi connectivity index (χ0v) is 23.7. The Kier molecular flexibility index (Phi) is 5.43. The van der Waals surface area contributed by atoms with E-state index < -0.39 is 0 Å². The van der Waals surface area contributed by atoms with E-state index in [-0.39, 0.29) is 0 Å². The summed E-state index contributed by atoms with van der Waals surface area (Å²) in [4.78, 5) is 16.8. The van der Waals surface area contributed by atoms with Crippen LogP contribution in [0.2, 0.25) is 0 Å². The van der Waals surface area contributed by atoms with E-state index in [9.17, 15) is 0 Å². The van der Waals surface area contributed by atoms with Crippen LogP contribution in [0.3, 0.4) is 0 Å². The number of nitrogens with zero attached hydrogens (tertiary/aromatic N) is 5. The fourth-order valence-electron chi connectivity index (χ4n) is 6.53. The third-order valence-electron chi connectivity index (χ3n) is 8.46. The van der Waals surface area contributed by atoms with Gasteiger partial charge < -0.3 is 4.90 Å². The van der Waals surface area contributed by atoms with Gasteiger partial charge in [-0.05, 0) is 83.9 Å². The van der Waals surface area contributed by atoms with Crippen LogP contribution in [0.25, 0.3) is 61.4 Å². The van der Waals surface area contributed by atoms with Crippen molar-refractivity contribution in [3.05, 3.63) is 152 Å². The predicted octanol–water partition coefficient (Wildman–Crippen LogP) is 9.75. The Labute approximate surface area is 254 Å². The fourth-order valence-corrected chi connectivity index (χ4v) is 6.53. The van der Waals surface area contributed by atoms with Gasteiger partial charge in [0.25, 0.3) is 0 Å². The molecule has 206 valence electrons. The van der Waals surface area contributed by atoms with Gasteiger partial charge in [-0.2, -0.15) is 0 Å². The highest BCUT2D eigenvalue weighted by Crippen LogP contribution is 2.50. The summed E-state index contributed by atoms with van der Waals surface area (Å²) in [5.74, 6) is 0.839. The molecule has 5 nitrogen and oxygen atoms in total. The molecule has 0 amide bonds. The number of benzene rings is 5. The van der Waals surface area contributed by atoms with E-state index in [1.165, 1.54) is 22.3 Å². The van der Waals surface area contributed by atoms with Gasteiger partial charge in [-0.15, -0.1) is 0 Å². The maximum atomic E-state index is 5.09. The molecule has 0 aliphatic carbocycles. The van der Waals surface area contributed by atoms with Crippen molar-refractivity contribution in [2.24, 2.45) is 0 Å². The smallest absolute Gasteiger partial charge is 0.164 e. The third kappa shape index (κ3) is 3.69. The van der Waals surface area contributed by atoms with Crippen molar-refractivity contribution in [3.63, 3.8) is 0 Å². The molecule has 0 atom stereocenters. The fraction of sp³-hybridized carbons (Fsp3) is 0. The first-order valence-corrected chi connectivity index (χ1v) is 14.7. The van der Waals surface area contributed by atoms with E-state index in [1.807, 2.05) is 42.7 Å². The minimum atomic E-state index is 0.816. The molecule has 0 radical (unpaired) electrons. The lowest BCUT2D eigenvalue weighted by Gasteiger charge is -2.27. The molecule has 0 unspecified atom stereocenters. The third-order valence-corrected chi connectivity index (χ3v) is 8.46. The second-order valence-corrected chi connectivity index (χ2v) is 10.9. The first-order valence-electron chi connectivity index (χ1n) is 14.7. The second-order valence-electron chi connectivity index (χ2n) is 10.9. The summed E-state index contributed by atoms with van der Waals surface area (Å²) in [5, 5.41) is 1.05. The summed E-state index contributed by atoms with van der Waals surface area (Å²) < 4.78 is 2.15. The predicted molar refractivity (Wildman–Crippen MR) is 179 cm³/mol. The molecule has 1 aliphatic rings. The second kappa shape index (κ2) is 9.75. The number of anilines is 3. The van der Waals surface area contributed by atoms with Crippen LogP contribution in [0.1, 0.15) is 0 Å². The molecular formula is C39H25N5. The lowest BCUT2D eigenvalue weighted by Crippen LogP contribution is -2.10. The van der Waals surface area contributed by atoms with Crippen LogP contribution in [0, 0.1) is 0 Å². The lowest BCUT2D eigenvalue weighted by molar-refractivity contribution is 1.09. The summed E-state index contributed by atoms with van der Waals surface area (Å²) >= 11 is 0. The average molecular weight is 564 g/mol. The molecule has 0 saturated carbocycles. The molecule has 0 bridgehead atoms. The van der Waals surface area contributed by atoms with Crippen molar-refractivity contribution in [2.45, 2.75) is 0 Å². The van der Waals surface area contributed by atoms with E-state index in [2.05, 4.69) is 124 Å². The van der Waals surface area contributed by atoms with Crippen molar-refractivity contribution in [1.82, 2.24) is 19.5 Å². The molecule has 0 fully saturated rings. The van der Waals surface area contributed by atoms with Gasteiger partial charge >= 0.3 is 0 Å². The van der Waals surface area contributed by atoms with Gasteiger partial charge in [-0.3, -0.25) is 9.55 Å². The van der Waals surface area contributed by atoms with E-state index in [0.717, 1.165) is 56.2 Å². The Balaban J connectivity index is 1.23. The average Bonchev–Trinajstić information content (AvgIpc) is 3.43. The molecular weight excluding hydrogens is 538 g/mol. The molecule has 5 aromatic carbocycles. The molecule has 0 saturated heterocycles. The Morgan fingerprint density at radius 2 is 1.02 bits per heavy atom. The van der Waals surface area contributed by atoms with Gasteiger partial charge in [0.05, 0.1) is 22.6 Å². The highest BCUT2D eigenvalue weighted by Gasteiger charge is 2.26. The number of para-hydroxylation sites is 2. The van der Waals surface area contributed by atoms with Gasteiger partial charge in [-0.25, -0.2) is 9.97 Å². The summed E-state index contributed by atoms with van der Waals surface area (Å²) in [7, 11) is 0. The van der Waals surface area contributed by atoms with Crippen LogP contribution in [-0.2, 0) is 0 Å². The van der Waals surface area contributed by atoms with Crippen molar-refractivity contribution < 1.29 is 0 Å². The van der Waals surface area contributed by atoms with Gasteiger partial charge in [-0.1, -0.05) is 66.7 Å². The van der Waals surface area contributed by atoms with Crippen LogP contribution in [-0.4, -0.2) is 19.5 Å². The Morgan fingerprint density at radius 3 is 1.75 bits per heavy atom. The van der Waals surface area contributed by atoms with Gasteiger partial charge in [0.1, 0.15) is 11.3 Å². The van der Waals surface area contributed by atoms with Crippen LogP contribution in [0.15, 0.2) is 152 Å². The van der Waals surface area contributed by atoms with Crippen molar-refractivity contribution >= 4 is 39.1 Å². The van der Waals surface area contributed by atoms with Crippen molar-refractivity contribution in [2.75, 3.05) is 4.90 Å². The zero-order valence-electron chi connectivity index (χ0n) is 23.7. The lowest BCUT2D eigenvalue weighted by atomic mass is 9.95. The van der Waals surface area contributed by atoms with Crippen LogP contribution < -0.4 is 4.90 Å². The van der Waals surface area contributed by atoms with Crippen molar-refractivity contribution in [1.29, 1.82) is 0 Å². The quantitative estimate of drug-likeness (QED) is 0.215. The molecule has 0 N–H and O–H groups in total. The van der Waals surface area contributed by atoms with Crippen molar-refractivity contribution in [3.8, 4) is 39.3 Å². The summed E-state index contributed by atoms with van der Waals surface area (Å²) in [6.45, 7) is 0. The summed E-state index contributed by atoms with van der Waals surface area (Å²) in [6.07, 6.45) is 3.65. The molecule has 44 heavy (non-hydrogen) atoms. The number of imidazole rings is 1. The van der Waals surface area contributed by atoms with E-state index >= 15 is 0 Å². The highest BCUT2D eigenvalue weighted by atomic mass is 15.2. The topological polar surface area (TPSA) is 46.8 Å². The normalized spacial score (nSPS) is 12.0. The number of rotatable bonds is 3. The number of pyridine rings is 2. The van der Waals surface area contributed by atoms with Crippen LogP contribution in [0.5, 0.6) is 0 Å². The SMILES string of the molecule is c1ccc2c(c1)-c1ccccc1N(c1ccc(-c3nc4cccnc4n3-c3cccc4ncccc34)cc1)c1ccccc1-2. The summed E-state index contributed by atoms with van der Waals surface area (Å²) in [6, 6.07) is 48.9. The van der Waals surface area contributed by atoms with E-state index in [0.29, 0.717) is 0 Å². The first-order chi connectivity index (χ1) is 21.8. The molecule has 1 aliphatic heterocycles. The Hall–Kier alpha value is -6.07. The molecule has 9 rings (SSSR count). The highest BCUT2D eigenvalue weighted by molar-refractivity contribution is 6.02.